The lowest BCUT2D eigenvalue weighted by molar-refractivity contribution is 0.0697. The molecule has 0 radical (unpaired) electrons. The number of aryl methyl sites for hydroxylation is 1. The summed E-state index contributed by atoms with van der Waals surface area (Å²) in [6.45, 7) is 5.78. The molecule has 0 fully saturated rings. The van der Waals surface area contributed by atoms with Crippen LogP contribution in [-0.4, -0.2) is 32.5 Å². The summed E-state index contributed by atoms with van der Waals surface area (Å²) in [5.41, 5.74) is 3.48. The molecule has 0 spiro atoms. The summed E-state index contributed by atoms with van der Waals surface area (Å²) in [7, 11) is 0. The summed E-state index contributed by atoms with van der Waals surface area (Å²) in [6.07, 6.45) is -0.694. The first kappa shape index (κ1) is 14.6. The molecule has 0 bridgehead atoms. The first-order valence-corrected chi connectivity index (χ1v) is 6.54. The minimum Gasteiger partial charge on any atom is -0.478 e. The maximum Gasteiger partial charge on any atom is 0.335 e. The Labute approximate surface area is 117 Å². The van der Waals surface area contributed by atoms with Gasteiger partial charge in [-0.3, -0.25) is 0 Å². The molecule has 108 valence electrons. The molecule has 5 nitrogen and oxygen atoms in total. The van der Waals surface area contributed by atoms with Gasteiger partial charge in [0, 0.05) is 23.2 Å². The zero-order valence-electron chi connectivity index (χ0n) is 11.8. The third-order valence-electron chi connectivity index (χ3n) is 3.64. The maximum absolute atomic E-state index is 11.2. The largest absolute Gasteiger partial charge is 0.478 e. The van der Waals surface area contributed by atoms with Crippen LogP contribution in [0.1, 0.15) is 40.2 Å². The number of aliphatic hydroxyl groups excluding tert-OH is 2. The molecule has 0 aliphatic rings. The molecule has 1 atom stereocenters. The highest BCUT2D eigenvalue weighted by molar-refractivity contribution is 5.97. The van der Waals surface area contributed by atoms with E-state index in [0.29, 0.717) is 6.54 Å². The molecule has 0 saturated heterocycles. The van der Waals surface area contributed by atoms with Gasteiger partial charge in [0.15, 0.2) is 0 Å². The number of carboxylic acids is 1. The standard InChI is InChI=1S/C15H19NO4/c1-8-6-11(15(19)20)7-12-13(10(3)18)9(2)16(4-5-17)14(8)12/h6-7,10,17-18H,4-5H2,1-3H3,(H,19,20). The van der Waals surface area contributed by atoms with Crippen molar-refractivity contribution in [2.75, 3.05) is 6.61 Å². The lowest BCUT2D eigenvalue weighted by Crippen LogP contribution is -2.06. The second kappa shape index (κ2) is 5.26. The van der Waals surface area contributed by atoms with Crippen molar-refractivity contribution in [1.82, 2.24) is 4.57 Å². The molecule has 2 aromatic rings. The van der Waals surface area contributed by atoms with E-state index in [2.05, 4.69) is 0 Å². The second-order valence-electron chi connectivity index (χ2n) is 5.04. The number of carbonyl (C=O) groups is 1. The van der Waals surface area contributed by atoms with Crippen LogP contribution in [0, 0.1) is 13.8 Å². The molecule has 3 N–H and O–H groups in total. The summed E-state index contributed by atoms with van der Waals surface area (Å²) in [6, 6.07) is 3.21. The zero-order valence-corrected chi connectivity index (χ0v) is 11.8. The number of benzene rings is 1. The molecule has 0 aliphatic heterocycles. The number of aromatic nitrogens is 1. The van der Waals surface area contributed by atoms with Gasteiger partial charge in [-0.2, -0.15) is 0 Å². The number of aliphatic hydroxyl groups is 2. The first-order chi connectivity index (χ1) is 9.38. The molecule has 0 aliphatic carbocycles. The Morgan fingerprint density at radius 2 is 2.00 bits per heavy atom. The number of nitrogens with zero attached hydrogens (tertiary/aromatic N) is 1. The molecule has 2 rings (SSSR count). The highest BCUT2D eigenvalue weighted by atomic mass is 16.4. The quantitative estimate of drug-likeness (QED) is 0.798. The van der Waals surface area contributed by atoms with Crippen molar-refractivity contribution in [1.29, 1.82) is 0 Å². The van der Waals surface area contributed by atoms with Gasteiger partial charge in [0.05, 0.1) is 23.8 Å². The number of fused-ring (bicyclic) bond motifs is 1. The van der Waals surface area contributed by atoms with Crippen molar-refractivity contribution in [3.63, 3.8) is 0 Å². The van der Waals surface area contributed by atoms with Crippen molar-refractivity contribution in [2.45, 2.75) is 33.4 Å². The van der Waals surface area contributed by atoms with Crippen molar-refractivity contribution in [2.24, 2.45) is 0 Å². The van der Waals surface area contributed by atoms with E-state index in [9.17, 15) is 15.0 Å². The fourth-order valence-electron chi connectivity index (χ4n) is 2.88. The minimum atomic E-state index is -0.987. The molecule has 1 heterocycles. The number of rotatable bonds is 4. The van der Waals surface area contributed by atoms with Gasteiger partial charge in [0.2, 0.25) is 0 Å². The Morgan fingerprint density at radius 1 is 1.35 bits per heavy atom. The van der Waals surface area contributed by atoms with Gasteiger partial charge in [0.25, 0.3) is 0 Å². The molecule has 1 unspecified atom stereocenters. The highest BCUT2D eigenvalue weighted by Gasteiger charge is 2.20. The van der Waals surface area contributed by atoms with Gasteiger partial charge in [-0.15, -0.1) is 0 Å². The van der Waals surface area contributed by atoms with Gasteiger partial charge in [0.1, 0.15) is 0 Å². The van der Waals surface area contributed by atoms with E-state index in [1.807, 2.05) is 18.4 Å². The third-order valence-corrected chi connectivity index (χ3v) is 3.64. The average molecular weight is 277 g/mol. The van der Waals surface area contributed by atoms with Crippen molar-refractivity contribution < 1.29 is 20.1 Å². The number of carboxylic acid groups (broad SMARTS) is 1. The van der Waals surface area contributed by atoms with Crippen LogP contribution in [0.4, 0.5) is 0 Å². The van der Waals surface area contributed by atoms with Crippen LogP contribution in [0.3, 0.4) is 0 Å². The normalized spacial score (nSPS) is 12.8. The smallest absolute Gasteiger partial charge is 0.335 e. The van der Waals surface area contributed by atoms with Crippen LogP contribution in [0.15, 0.2) is 12.1 Å². The number of aromatic carboxylic acids is 1. The van der Waals surface area contributed by atoms with Crippen molar-refractivity contribution in [3.05, 3.63) is 34.5 Å². The van der Waals surface area contributed by atoms with Crippen LogP contribution in [0.2, 0.25) is 0 Å². The van der Waals surface area contributed by atoms with Crippen LogP contribution >= 0.6 is 0 Å². The third kappa shape index (κ3) is 2.19. The summed E-state index contributed by atoms with van der Waals surface area (Å²) < 4.78 is 1.93. The Kier molecular flexibility index (Phi) is 3.83. The molecule has 0 amide bonds. The van der Waals surface area contributed by atoms with E-state index in [1.165, 1.54) is 0 Å². The van der Waals surface area contributed by atoms with Crippen molar-refractivity contribution in [3.8, 4) is 0 Å². The Morgan fingerprint density at radius 3 is 2.50 bits per heavy atom. The van der Waals surface area contributed by atoms with Crippen LogP contribution < -0.4 is 0 Å². The molecule has 1 aromatic heterocycles. The fraction of sp³-hybridized carbons (Fsp3) is 0.400. The minimum absolute atomic E-state index is 0.00993. The molecule has 20 heavy (non-hydrogen) atoms. The summed E-state index contributed by atoms with van der Waals surface area (Å²) in [4.78, 5) is 11.2. The van der Waals surface area contributed by atoms with E-state index in [1.54, 1.807) is 19.1 Å². The predicted molar refractivity (Wildman–Crippen MR) is 76.1 cm³/mol. The van der Waals surface area contributed by atoms with Gasteiger partial charge >= 0.3 is 5.97 Å². The van der Waals surface area contributed by atoms with Crippen LogP contribution in [0.5, 0.6) is 0 Å². The van der Waals surface area contributed by atoms with Gasteiger partial charge in [-0.25, -0.2) is 4.79 Å². The zero-order chi connectivity index (χ0) is 15.0. The summed E-state index contributed by atoms with van der Waals surface area (Å²) >= 11 is 0. The average Bonchev–Trinajstić information content (AvgIpc) is 2.63. The molecule has 1 aromatic carbocycles. The monoisotopic (exact) mass is 277 g/mol. The van der Waals surface area contributed by atoms with E-state index < -0.39 is 12.1 Å². The second-order valence-corrected chi connectivity index (χ2v) is 5.04. The Hall–Kier alpha value is -1.85. The molecule has 5 heteroatoms. The lowest BCUT2D eigenvalue weighted by atomic mass is 10.0. The van der Waals surface area contributed by atoms with Crippen LogP contribution in [-0.2, 0) is 6.54 Å². The first-order valence-electron chi connectivity index (χ1n) is 6.54. The van der Waals surface area contributed by atoms with Gasteiger partial charge in [-0.05, 0) is 38.5 Å². The summed E-state index contributed by atoms with van der Waals surface area (Å²) in [5, 5.41) is 29.1. The van der Waals surface area contributed by atoms with E-state index in [0.717, 1.165) is 27.7 Å². The van der Waals surface area contributed by atoms with E-state index in [-0.39, 0.29) is 12.2 Å². The van der Waals surface area contributed by atoms with Gasteiger partial charge < -0.3 is 19.9 Å². The molecular formula is C15H19NO4. The summed E-state index contributed by atoms with van der Waals surface area (Å²) in [5.74, 6) is -0.987. The van der Waals surface area contributed by atoms with Crippen LogP contribution in [0.25, 0.3) is 10.9 Å². The van der Waals surface area contributed by atoms with E-state index >= 15 is 0 Å². The fourth-order valence-corrected chi connectivity index (χ4v) is 2.88. The van der Waals surface area contributed by atoms with E-state index in [4.69, 9.17) is 5.11 Å². The SMILES string of the molecule is Cc1cc(C(=O)O)cc2c(C(C)O)c(C)n(CCO)c12. The lowest BCUT2D eigenvalue weighted by Gasteiger charge is -2.08. The van der Waals surface area contributed by atoms with Gasteiger partial charge in [-0.1, -0.05) is 0 Å². The Balaban J connectivity index is 2.89. The molecular weight excluding hydrogens is 258 g/mol. The number of hydrogen-bond donors (Lipinski definition) is 3. The van der Waals surface area contributed by atoms with Crippen molar-refractivity contribution >= 4 is 16.9 Å². The topological polar surface area (TPSA) is 82.7 Å². The maximum atomic E-state index is 11.2. The predicted octanol–water partition coefficient (Wildman–Crippen LogP) is 2.00. The number of hydrogen-bond acceptors (Lipinski definition) is 3. The highest BCUT2D eigenvalue weighted by Crippen LogP contribution is 2.33. The molecule has 0 saturated carbocycles. The Bertz CT molecular complexity index is 670.